The number of carbonyl (C=O) groups is 1. The lowest BCUT2D eigenvalue weighted by Crippen LogP contribution is -2.14. The average Bonchev–Trinajstić information content (AvgIpc) is 2.69. The van der Waals surface area contributed by atoms with Crippen LogP contribution < -0.4 is 11.5 Å². The number of fused-ring (bicyclic) bond motifs is 3. The molecule has 0 radical (unpaired) electrons. The summed E-state index contributed by atoms with van der Waals surface area (Å²) in [6.07, 6.45) is 0. The normalized spacial score (nSPS) is 11.3. The monoisotopic (exact) mass is 288 g/mol. The van der Waals surface area contributed by atoms with Gasteiger partial charge in [0.1, 0.15) is 11.5 Å². The van der Waals surface area contributed by atoms with Crippen molar-refractivity contribution in [2.45, 2.75) is 13.5 Å². The predicted octanol–water partition coefficient (Wildman–Crippen LogP) is 2.54. The zero-order valence-electron chi connectivity index (χ0n) is 10.9. The van der Waals surface area contributed by atoms with Crippen LogP contribution in [0.1, 0.15) is 17.3 Å². The Kier molecular flexibility index (Phi) is 2.79. The van der Waals surface area contributed by atoms with Crippen molar-refractivity contribution in [1.29, 1.82) is 0 Å². The van der Waals surface area contributed by atoms with Gasteiger partial charge in [-0.05, 0) is 31.2 Å². The van der Waals surface area contributed by atoms with Crippen molar-refractivity contribution in [1.82, 2.24) is 9.55 Å². The fraction of sp³-hybridized carbons (Fsp3) is 0.143. The van der Waals surface area contributed by atoms with Crippen LogP contribution >= 0.6 is 11.6 Å². The number of carbonyl (C=O) groups excluding carboxylic acids is 1. The molecule has 3 rings (SSSR count). The van der Waals surface area contributed by atoms with Crippen LogP contribution in [0.4, 0.5) is 5.82 Å². The Morgan fingerprint density at radius 2 is 2.10 bits per heavy atom. The van der Waals surface area contributed by atoms with Crippen molar-refractivity contribution in [3.63, 3.8) is 0 Å². The second kappa shape index (κ2) is 4.38. The smallest absolute Gasteiger partial charge is 0.252 e. The molecule has 0 saturated carbocycles. The molecule has 2 heterocycles. The highest BCUT2D eigenvalue weighted by atomic mass is 35.5. The van der Waals surface area contributed by atoms with Crippen LogP contribution in [0.15, 0.2) is 24.3 Å². The lowest BCUT2D eigenvalue weighted by Gasteiger charge is -2.04. The molecule has 20 heavy (non-hydrogen) atoms. The average molecular weight is 289 g/mol. The molecule has 0 atom stereocenters. The van der Waals surface area contributed by atoms with Crippen LogP contribution in [0.5, 0.6) is 0 Å². The SMILES string of the molecule is CCn1c2ccc(Cl)cc2c2cc(C(N)=O)c(N)nc21. The van der Waals surface area contributed by atoms with Crippen LogP contribution in [0, 0.1) is 0 Å². The van der Waals surface area contributed by atoms with E-state index in [1.54, 1.807) is 6.07 Å². The predicted molar refractivity (Wildman–Crippen MR) is 80.9 cm³/mol. The number of aryl methyl sites for hydroxylation is 1. The largest absolute Gasteiger partial charge is 0.383 e. The van der Waals surface area contributed by atoms with E-state index in [1.165, 1.54) is 0 Å². The summed E-state index contributed by atoms with van der Waals surface area (Å²) in [6, 6.07) is 7.30. The van der Waals surface area contributed by atoms with Gasteiger partial charge in [-0.2, -0.15) is 0 Å². The number of hydrogen-bond acceptors (Lipinski definition) is 3. The second-order valence-corrected chi connectivity index (χ2v) is 5.00. The molecule has 2 aromatic heterocycles. The van der Waals surface area contributed by atoms with Crippen molar-refractivity contribution in [3.05, 3.63) is 34.9 Å². The van der Waals surface area contributed by atoms with Crippen molar-refractivity contribution in [2.75, 3.05) is 5.73 Å². The number of primary amides is 1. The van der Waals surface area contributed by atoms with Gasteiger partial charge in [0, 0.05) is 22.3 Å². The molecule has 0 aliphatic rings. The lowest BCUT2D eigenvalue weighted by molar-refractivity contribution is 0.100. The van der Waals surface area contributed by atoms with Crippen molar-refractivity contribution >= 4 is 45.3 Å². The molecule has 1 amide bonds. The van der Waals surface area contributed by atoms with Crippen LogP contribution in [-0.2, 0) is 6.54 Å². The maximum absolute atomic E-state index is 11.4. The zero-order valence-corrected chi connectivity index (χ0v) is 11.6. The number of aromatic nitrogens is 2. The number of benzene rings is 1. The van der Waals surface area contributed by atoms with Gasteiger partial charge in [0.15, 0.2) is 0 Å². The van der Waals surface area contributed by atoms with Gasteiger partial charge in [0.2, 0.25) is 0 Å². The maximum Gasteiger partial charge on any atom is 0.252 e. The Morgan fingerprint density at radius 1 is 1.35 bits per heavy atom. The Labute approximate surface area is 120 Å². The van der Waals surface area contributed by atoms with Gasteiger partial charge in [-0.1, -0.05) is 11.6 Å². The van der Waals surface area contributed by atoms with Crippen molar-refractivity contribution in [3.8, 4) is 0 Å². The summed E-state index contributed by atoms with van der Waals surface area (Å²) >= 11 is 6.06. The Balaban J connectivity index is 2.53. The van der Waals surface area contributed by atoms with E-state index in [0.29, 0.717) is 5.02 Å². The highest BCUT2D eigenvalue weighted by molar-refractivity contribution is 6.31. The highest BCUT2D eigenvalue weighted by Gasteiger charge is 2.16. The maximum atomic E-state index is 11.4. The van der Waals surface area contributed by atoms with E-state index in [4.69, 9.17) is 23.1 Å². The van der Waals surface area contributed by atoms with Gasteiger partial charge in [0.05, 0.1) is 11.1 Å². The molecule has 0 bridgehead atoms. The summed E-state index contributed by atoms with van der Waals surface area (Å²) in [5.74, 6) is -0.440. The van der Waals surface area contributed by atoms with Crippen LogP contribution in [0.3, 0.4) is 0 Å². The van der Waals surface area contributed by atoms with E-state index in [1.807, 2.05) is 29.7 Å². The summed E-state index contributed by atoms with van der Waals surface area (Å²) in [5, 5.41) is 2.39. The van der Waals surface area contributed by atoms with E-state index in [2.05, 4.69) is 4.98 Å². The molecule has 0 fully saturated rings. The lowest BCUT2D eigenvalue weighted by atomic mass is 10.1. The first kappa shape index (κ1) is 12.7. The van der Waals surface area contributed by atoms with Gasteiger partial charge in [0.25, 0.3) is 5.91 Å². The molecule has 5 nitrogen and oxygen atoms in total. The minimum absolute atomic E-state index is 0.147. The molecule has 0 aliphatic heterocycles. The number of pyridine rings is 1. The standard InChI is InChI=1S/C14H13ClN4O/c1-2-19-11-4-3-7(15)5-8(11)9-6-10(13(17)20)12(16)18-14(9)19/h3-6H,2H2,1H3,(H2,16,18)(H2,17,20). The van der Waals surface area contributed by atoms with Crippen LogP contribution in [0.2, 0.25) is 5.02 Å². The molecule has 0 unspecified atom stereocenters. The molecule has 0 spiro atoms. The number of nitrogens with zero attached hydrogens (tertiary/aromatic N) is 2. The van der Waals surface area contributed by atoms with Crippen LogP contribution in [0.25, 0.3) is 21.9 Å². The Hall–Kier alpha value is -2.27. The summed E-state index contributed by atoms with van der Waals surface area (Å²) in [5.41, 5.74) is 13.1. The summed E-state index contributed by atoms with van der Waals surface area (Å²) in [4.78, 5) is 15.7. The van der Waals surface area contributed by atoms with Gasteiger partial charge in [-0.3, -0.25) is 4.79 Å². The first-order chi connectivity index (χ1) is 9.52. The van der Waals surface area contributed by atoms with E-state index in [9.17, 15) is 4.79 Å². The number of nitrogens with two attached hydrogens (primary N) is 2. The number of anilines is 1. The number of halogens is 1. The summed E-state index contributed by atoms with van der Waals surface area (Å²) in [7, 11) is 0. The van der Waals surface area contributed by atoms with Gasteiger partial charge in [-0.15, -0.1) is 0 Å². The molecular formula is C14H13ClN4O. The van der Waals surface area contributed by atoms with Gasteiger partial charge in [-0.25, -0.2) is 4.98 Å². The summed E-state index contributed by atoms with van der Waals surface area (Å²) < 4.78 is 2.03. The van der Waals surface area contributed by atoms with E-state index < -0.39 is 5.91 Å². The Morgan fingerprint density at radius 3 is 2.75 bits per heavy atom. The minimum atomic E-state index is -0.587. The van der Waals surface area contributed by atoms with E-state index in [-0.39, 0.29) is 11.4 Å². The quantitative estimate of drug-likeness (QED) is 0.759. The van der Waals surface area contributed by atoms with E-state index in [0.717, 1.165) is 28.5 Å². The molecule has 6 heteroatoms. The molecule has 4 N–H and O–H groups in total. The second-order valence-electron chi connectivity index (χ2n) is 4.56. The molecule has 3 aromatic rings. The molecule has 102 valence electrons. The first-order valence-corrected chi connectivity index (χ1v) is 6.58. The van der Waals surface area contributed by atoms with Crippen molar-refractivity contribution < 1.29 is 4.79 Å². The molecule has 1 aromatic carbocycles. The fourth-order valence-corrected chi connectivity index (χ4v) is 2.68. The van der Waals surface area contributed by atoms with E-state index >= 15 is 0 Å². The van der Waals surface area contributed by atoms with Gasteiger partial charge < -0.3 is 16.0 Å². The minimum Gasteiger partial charge on any atom is -0.383 e. The summed E-state index contributed by atoms with van der Waals surface area (Å²) in [6.45, 7) is 2.76. The molecule has 0 saturated heterocycles. The first-order valence-electron chi connectivity index (χ1n) is 6.20. The fourth-order valence-electron chi connectivity index (χ4n) is 2.51. The number of hydrogen-bond donors (Lipinski definition) is 2. The van der Waals surface area contributed by atoms with Crippen LogP contribution in [-0.4, -0.2) is 15.5 Å². The van der Waals surface area contributed by atoms with Gasteiger partial charge >= 0.3 is 0 Å². The third kappa shape index (κ3) is 1.71. The number of amides is 1. The third-order valence-corrected chi connectivity index (χ3v) is 3.64. The Bertz CT molecular complexity index is 853. The number of nitrogen functional groups attached to an aromatic ring is 1. The van der Waals surface area contributed by atoms with Crippen molar-refractivity contribution in [2.24, 2.45) is 5.73 Å². The third-order valence-electron chi connectivity index (χ3n) is 3.41. The topological polar surface area (TPSA) is 86.9 Å². The number of rotatable bonds is 2. The highest BCUT2D eigenvalue weighted by Crippen LogP contribution is 2.31. The molecular weight excluding hydrogens is 276 g/mol. The molecule has 0 aliphatic carbocycles. The zero-order chi connectivity index (χ0) is 14.4.